The van der Waals surface area contributed by atoms with E-state index in [-0.39, 0.29) is 25.4 Å². The van der Waals surface area contributed by atoms with Crippen LogP contribution in [-0.2, 0) is 11.3 Å². The highest BCUT2D eigenvalue weighted by molar-refractivity contribution is 5.67. The van der Waals surface area contributed by atoms with Crippen molar-refractivity contribution in [2.75, 3.05) is 31.1 Å². The summed E-state index contributed by atoms with van der Waals surface area (Å²) < 4.78 is 13.9. The van der Waals surface area contributed by atoms with Crippen LogP contribution in [0.2, 0.25) is 0 Å². The first kappa shape index (κ1) is 17.4. The largest absolute Gasteiger partial charge is 0.481 e. The van der Waals surface area contributed by atoms with E-state index in [2.05, 4.69) is 5.32 Å². The molecule has 0 saturated carbocycles. The minimum atomic E-state index is -0.893. The predicted octanol–water partition coefficient (Wildman–Crippen LogP) is 1.60. The lowest BCUT2D eigenvalue weighted by Gasteiger charge is -2.23. The van der Waals surface area contributed by atoms with Gasteiger partial charge < -0.3 is 20.4 Å². The van der Waals surface area contributed by atoms with Crippen LogP contribution in [0.25, 0.3) is 0 Å². The third-order valence-electron chi connectivity index (χ3n) is 3.17. The molecule has 0 saturated heterocycles. The van der Waals surface area contributed by atoms with Gasteiger partial charge in [0.1, 0.15) is 5.82 Å². The van der Waals surface area contributed by atoms with Gasteiger partial charge in [-0.2, -0.15) is 0 Å². The second kappa shape index (κ2) is 9.31. The molecule has 0 amide bonds. The highest BCUT2D eigenvalue weighted by Gasteiger charge is 2.12. The van der Waals surface area contributed by atoms with E-state index in [0.29, 0.717) is 31.7 Å². The van der Waals surface area contributed by atoms with E-state index in [0.717, 1.165) is 5.56 Å². The first-order chi connectivity index (χ1) is 10.1. The third-order valence-corrected chi connectivity index (χ3v) is 3.17. The topological polar surface area (TPSA) is 72.8 Å². The molecule has 0 aliphatic carbocycles. The molecule has 0 aliphatic heterocycles. The van der Waals surface area contributed by atoms with Crippen molar-refractivity contribution in [3.8, 4) is 0 Å². The van der Waals surface area contributed by atoms with Gasteiger partial charge in [0.05, 0.1) is 12.1 Å². The molecular weight excluding hydrogens is 275 g/mol. The van der Waals surface area contributed by atoms with E-state index >= 15 is 0 Å². The number of hydrogen-bond acceptors (Lipinski definition) is 4. The Morgan fingerprint density at radius 3 is 2.81 bits per heavy atom. The van der Waals surface area contributed by atoms with Crippen LogP contribution in [0, 0.1) is 5.82 Å². The molecule has 1 aromatic carbocycles. The van der Waals surface area contributed by atoms with Crippen molar-refractivity contribution in [2.24, 2.45) is 0 Å². The van der Waals surface area contributed by atoms with Gasteiger partial charge in [0.2, 0.25) is 0 Å². The van der Waals surface area contributed by atoms with Crippen molar-refractivity contribution in [1.29, 1.82) is 0 Å². The maximum Gasteiger partial charge on any atom is 0.305 e. The van der Waals surface area contributed by atoms with Crippen molar-refractivity contribution in [3.63, 3.8) is 0 Å². The zero-order chi connectivity index (χ0) is 15.7. The van der Waals surface area contributed by atoms with E-state index < -0.39 is 5.97 Å². The summed E-state index contributed by atoms with van der Waals surface area (Å²) in [5.41, 5.74) is 1.36. The Hall–Kier alpha value is -1.66. The summed E-state index contributed by atoms with van der Waals surface area (Å²) in [5, 5.41) is 20.6. The molecule has 0 heterocycles. The minimum Gasteiger partial charge on any atom is -0.481 e. The molecule has 6 heteroatoms. The van der Waals surface area contributed by atoms with E-state index in [4.69, 9.17) is 10.2 Å². The number of halogens is 1. The van der Waals surface area contributed by atoms with Crippen LogP contribution >= 0.6 is 0 Å². The molecule has 1 rings (SSSR count). The van der Waals surface area contributed by atoms with Gasteiger partial charge in [0, 0.05) is 26.2 Å². The quantitative estimate of drug-likeness (QED) is 0.572. The molecule has 0 radical (unpaired) electrons. The van der Waals surface area contributed by atoms with Crippen LogP contribution in [-0.4, -0.2) is 42.4 Å². The molecule has 5 nitrogen and oxygen atoms in total. The number of aliphatic hydroxyl groups is 1. The van der Waals surface area contributed by atoms with Gasteiger partial charge in [-0.05, 0) is 37.6 Å². The Bertz CT molecular complexity index is 455. The molecule has 0 aromatic heterocycles. The number of carboxylic acid groups (broad SMARTS) is 1. The number of anilines is 1. The molecule has 0 spiro atoms. The Labute approximate surface area is 124 Å². The van der Waals surface area contributed by atoms with Crippen LogP contribution in [0.3, 0.4) is 0 Å². The maximum absolute atomic E-state index is 13.9. The van der Waals surface area contributed by atoms with Gasteiger partial charge in [-0.3, -0.25) is 4.79 Å². The van der Waals surface area contributed by atoms with E-state index in [9.17, 15) is 9.18 Å². The predicted molar refractivity (Wildman–Crippen MR) is 79.9 cm³/mol. The zero-order valence-electron chi connectivity index (χ0n) is 12.3. The van der Waals surface area contributed by atoms with Crippen molar-refractivity contribution < 1.29 is 19.4 Å². The van der Waals surface area contributed by atoms with Crippen molar-refractivity contribution >= 4 is 11.7 Å². The number of rotatable bonds is 10. The second-order valence-electron chi connectivity index (χ2n) is 4.76. The average molecular weight is 298 g/mol. The molecule has 0 aliphatic rings. The number of nitrogens with one attached hydrogen (secondary N) is 1. The van der Waals surface area contributed by atoms with Crippen LogP contribution in [0.4, 0.5) is 10.1 Å². The Kier molecular flexibility index (Phi) is 7.71. The van der Waals surface area contributed by atoms with Gasteiger partial charge in [-0.25, -0.2) is 4.39 Å². The highest BCUT2D eigenvalue weighted by Crippen LogP contribution is 2.21. The monoisotopic (exact) mass is 298 g/mol. The van der Waals surface area contributed by atoms with Crippen molar-refractivity contribution in [2.45, 2.75) is 26.3 Å². The summed E-state index contributed by atoms with van der Waals surface area (Å²) >= 11 is 0. The number of carbonyl (C=O) groups is 1. The summed E-state index contributed by atoms with van der Waals surface area (Å²) in [7, 11) is 0. The van der Waals surface area contributed by atoms with Gasteiger partial charge in [-0.15, -0.1) is 0 Å². The Morgan fingerprint density at radius 2 is 2.19 bits per heavy atom. The lowest BCUT2D eigenvalue weighted by Crippen LogP contribution is -2.27. The summed E-state index contributed by atoms with van der Waals surface area (Å²) in [5.74, 6) is -1.24. The van der Waals surface area contributed by atoms with Gasteiger partial charge in [0.15, 0.2) is 0 Å². The number of hydrogen-bond donors (Lipinski definition) is 3. The fourth-order valence-corrected chi connectivity index (χ4v) is 2.03. The third kappa shape index (κ3) is 6.10. The number of benzene rings is 1. The minimum absolute atomic E-state index is 0.0216. The molecule has 21 heavy (non-hydrogen) atoms. The van der Waals surface area contributed by atoms with Crippen LogP contribution < -0.4 is 10.2 Å². The summed E-state index contributed by atoms with van der Waals surface area (Å²) in [4.78, 5) is 12.4. The highest BCUT2D eigenvalue weighted by atomic mass is 19.1. The molecule has 0 fully saturated rings. The normalized spacial score (nSPS) is 10.6. The number of carboxylic acids is 1. The van der Waals surface area contributed by atoms with Crippen molar-refractivity contribution in [3.05, 3.63) is 29.6 Å². The molecule has 0 atom stereocenters. The lowest BCUT2D eigenvalue weighted by atomic mass is 10.1. The van der Waals surface area contributed by atoms with Crippen molar-refractivity contribution in [1.82, 2.24) is 5.32 Å². The molecule has 0 bridgehead atoms. The van der Waals surface area contributed by atoms with E-state index in [1.54, 1.807) is 17.0 Å². The number of nitrogens with zero attached hydrogens (tertiary/aromatic N) is 1. The zero-order valence-corrected chi connectivity index (χ0v) is 12.3. The number of aliphatic carboxylic acids is 1. The summed E-state index contributed by atoms with van der Waals surface area (Å²) in [6.07, 6.45) is 0.653. The fourth-order valence-electron chi connectivity index (χ4n) is 2.03. The summed E-state index contributed by atoms with van der Waals surface area (Å²) in [6.45, 7) is 4.12. The van der Waals surface area contributed by atoms with Gasteiger partial charge in [-0.1, -0.05) is 6.07 Å². The van der Waals surface area contributed by atoms with Gasteiger partial charge >= 0.3 is 5.97 Å². The first-order valence-corrected chi connectivity index (χ1v) is 7.15. The molecule has 1 aromatic rings. The number of aliphatic hydroxyl groups excluding tert-OH is 1. The molecule has 3 N–H and O–H groups in total. The first-order valence-electron chi connectivity index (χ1n) is 7.15. The van der Waals surface area contributed by atoms with E-state index in [1.807, 2.05) is 6.92 Å². The molecular formula is C15H23FN2O3. The molecule has 118 valence electrons. The van der Waals surface area contributed by atoms with Gasteiger partial charge in [0.25, 0.3) is 0 Å². The van der Waals surface area contributed by atoms with Crippen LogP contribution in [0.1, 0.15) is 25.3 Å². The Balaban J connectivity index is 2.72. The second-order valence-corrected chi connectivity index (χ2v) is 4.76. The SMILES string of the molecule is CCN(CCC(=O)O)c1cc(CNCCCO)ccc1F. The standard InChI is InChI=1S/C15H23FN2O3/c1-2-18(8-6-15(20)21)14-10-12(4-5-13(14)16)11-17-7-3-9-19/h4-5,10,17,19H,2-3,6-9,11H2,1H3,(H,20,21). The average Bonchev–Trinajstić information content (AvgIpc) is 2.46. The smallest absolute Gasteiger partial charge is 0.305 e. The maximum atomic E-state index is 13.9. The van der Waals surface area contributed by atoms with Crippen LogP contribution in [0.5, 0.6) is 0 Å². The Morgan fingerprint density at radius 1 is 1.43 bits per heavy atom. The van der Waals surface area contributed by atoms with Crippen LogP contribution in [0.15, 0.2) is 18.2 Å². The van der Waals surface area contributed by atoms with E-state index in [1.165, 1.54) is 6.07 Å². The molecule has 0 unspecified atom stereocenters. The fraction of sp³-hybridized carbons (Fsp3) is 0.533. The summed E-state index contributed by atoms with van der Waals surface area (Å²) in [6, 6.07) is 4.85. The lowest BCUT2D eigenvalue weighted by molar-refractivity contribution is -0.136.